The van der Waals surface area contributed by atoms with E-state index in [-0.39, 0.29) is 26.0 Å². The molecule has 0 atom stereocenters. The Bertz CT molecular complexity index is 786. The first kappa shape index (κ1) is 16.0. The van der Waals surface area contributed by atoms with Crippen LogP contribution in [0.5, 0.6) is 5.88 Å². The molecule has 2 rings (SSSR count). The number of halogens is 3. The molecule has 0 aliphatic heterocycles. The molecular weight excluding hydrogens is 387 g/mol. The molecule has 112 valence electrons. The lowest BCUT2D eigenvalue weighted by molar-refractivity contribution is 0.385. The zero-order chi connectivity index (χ0) is 15.6. The van der Waals surface area contributed by atoms with Gasteiger partial charge >= 0.3 is 0 Å². The molecule has 2 aromatic rings. The van der Waals surface area contributed by atoms with Crippen LogP contribution in [0, 0.1) is 5.82 Å². The van der Waals surface area contributed by atoms with Gasteiger partial charge in [0.2, 0.25) is 5.88 Å². The highest BCUT2D eigenvalue weighted by atomic mass is 79.9. The first-order valence-corrected chi connectivity index (χ1v) is 8.17. The maximum Gasteiger partial charge on any atom is 0.267 e. The number of anilines is 1. The molecule has 0 bridgehead atoms. The molecule has 0 amide bonds. The lowest BCUT2D eigenvalue weighted by Crippen LogP contribution is -2.15. The molecule has 1 aromatic carbocycles. The Morgan fingerprint density at radius 2 is 2.14 bits per heavy atom. The van der Waals surface area contributed by atoms with Crippen molar-refractivity contribution in [2.45, 2.75) is 4.90 Å². The summed E-state index contributed by atoms with van der Waals surface area (Å²) in [6.07, 6.45) is 1.25. The average molecular weight is 396 g/mol. The smallest absolute Gasteiger partial charge is 0.267 e. The second-order valence-electron chi connectivity index (χ2n) is 3.87. The maximum atomic E-state index is 13.9. The molecule has 5 nitrogen and oxygen atoms in total. The van der Waals surface area contributed by atoms with Crippen LogP contribution in [0.4, 0.5) is 10.1 Å². The van der Waals surface area contributed by atoms with Crippen molar-refractivity contribution < 1.29 is 17.5 Å². The Morgan fingerprint density at radius 3 is 2.81 bits per heavy atom. The molecule has 0 fully saturated rings. The van der Waals surface area contributed by atoms with E-state index in [2.05, 4.69) is 25.6 Å². The van der Waals surface area contributed by atoms with Gasteiger partial charge in [0.05, 0.1) is 22.3 Å². The van der Waals surface area contributed by atoms with E-state index in [1.165, 1.54) is 37.6 Å². The maximum absolute atomic E-state index is 13.9. The number of benzene rings is 1. The van der Waals surface area contributed by atoms with Crippen molar-refractivity contribution in [3.05, 3.63) is 45.8 Å². The van der Waals surface area contributed by atoms with Gasteiger partial charge < -0.3 is 4.74 Å². The molecule has 9 heteroatoms. The van der Waals surface area contributed by atoms with Crippen LogP contribution in [0.25, 0.3) is 0 Å². The number of nitrogens with one attached hydrogen (secondary N) is 1. The summed E-state index contributed by atoms with van der Waals surface area (Å²) >= 11 is 8.73. The first-order valence-electron chi connectivity index (χ1n) is 5.51. The number of sulfonamides is 1. The predicted octanol–water partition coefficient (Wildman–Crippen LogP) is 3.45. The molecule has 0 unspecified atom stereocenters. The number of ether oxygens (including phenoxy) is 1. The second-order valence-corrected chi connectivity index (χ2v) is 6.81. The van der Waals surface area contributed by atoms with Crippen molar-refractivity contribution in [3.8, 4) is 5.88 Å². The molecule has 21 heavy (non-hydrogen) atoms. The number of methoxy groups -OCH3 is 1. The molecule has 1 N–H and O–H groups in total. The quantitative estimate of drug-likeness (QED) is 0.861. The summed E-state index contributed by atoms with van der Waals surface area (Å²) in [5.74, 6) is -0.864. The molecule has 1 heterocycles. The van der Waals surface area contributed by atoms with Crippen LogP contribution < -0.4 is 9.46 Å². The van der Waals surface area contributed by atoms with E-state index in [1.807, 2.05) is 0 Å². The van der Waals surface area contributed by atoms with E-state index in [4.69, 9.17) is 16.3 Å². The average Bonchev–Trinajstić information content (AvgIpc) is 2.44. The summed E-state index contributed by atoms with van der Waals surface area (Å²) in [5.41, 5.74) is -0.202. The largest absolute Gasteiger partial charge is 0.480 e. The molecule has 0 aliphatic carbocycles. The molecule has 0 radical (unpaired) electrons. The first-order chi connectivity index (χ1) is 9.85. The SMILES string of the molecule is COc1ncc(Cl)cc1S(=O)(=O)Nc1cccc(Br)c1F. The molecule has 0 saturated heterocycles. The van der Waals surface area contributed by atoms with Gasteiger partial charge in [-0.15, -0.1) is 0 Å². The second kappa shape index (κ2) is 6.17. The Labute approximate surface area is 134 Å². The fourth-order valence-electron chi connectivity index (χ4n) is 1.54. The van der Waals surface area contributed by atoms with Crippen molar-refractivity contribution >= 4 is 43.2 Å². The van der Waals surface area contributed by atoms with Gasteiger partial charge in [0.15, 0.2) is 10.7 Å². The summed E-state index contributed by atoms with van der Waals surface area (Å²) in [7, 11) is -2.83. The summed E-state index contributed by atoms with van der Waals surface area (Å²) in [6, 6.07) is 5.42. The van der Waals surface area contributed by atoms with Gasteiger partial charge in [-0.1, -0.05) is 17.7 Å². The molecular formula is C12H9BrClFN2O3S. The minimum Gasteiger partial charge on any atom is -0.480 e. The van der Waals surface area contributed by atoms with Crippen molar-refractivity contribution in [2.75, 3.05) is 11.8 Å². The number of hydrogen-bond acceptors (Lipinski definition) is 4. The van der Waals surface area contributed by atoms with E-state index in [0.717, 1.165) is 0 Å². The summed E-state index contributed by atoms with van der Waals surface area (Å²) in [6.45, 7) is 0. The molecule has 0 saturated carbocycles. The van der Waals surface area contributed by atoms with Crippen molar-refractivity contribution in [2.24, 2.45) is 0 Å². The van der Waals surface area contributed by atoms with Crippen LogP contribution in [-0.2, 0) is 10.0 Å². The Morgan fingerprint density at radius 1 is 1.43 bits per heavy atom. The van der Waals surface area contributed by atoms with Gasteiger partial charge in [0.25, 0.3) is 10.0 Å². The van der Waals surface area contributed by atoms with Gasteiger partial charge in [-0.2, -0.15) is 0 Å². The van der Waals surface area contributed by atoms with Crippen LogP contribution in [0.1, 0.15) is 0 Å². The lowest BCUT2D eigenvalue weighted by Gasteiger charge is -2.12. The predicted molar refractivity (Wildman–Crippen MR) is 80.7 cm³/mol. The number of hydrogen-bond donors (Lipinski definition) is 1. The summed E-state index contributed by atoms with van der Waals surface area (Å²) < 4.78 is 45.7. The Balaban J connectivity index is 2.48. The topological polar surface area (TPSA) is 68.3 Å². The highest BCUT2D eigenvalue weighted by Gasteiger charge is 2.23. The van der Waals surface area contributed by atoms with E-state index in [0.29, 0.717) is 0 Å². The fraction of sp³-hybridized carbons (Fsp3) is 0.0833. The van der Waals surface area contributed by atoms with Gasteiger partial charge in [-0.05, 0) is 34.1 Å². The number of nitrogens with zero attached hydrogens (tertiary/aromatic N) is 1. The minimum atomic E-state index is -4.10. The van der Waals surface area contributed by atoms with E-state index >= 15 is 0 Å². The van der Waals surface area contributed by atoms with Gasteiger partial charge in [-0.3, -0.25) is 4.72 Å². The summed E-state index contributed by atoms with van der Waals surface area (Å²) in [4.78, 5) is 3.49. The van der Waals surface area contributed by atoms with E-state index in [1.54, 1.807) is 0 Å². The van der Waals surface area contributed by atoms with Crippen LogP contribution in [0.3, 0.4) is 0 Å². The zero-order valence-electron chi connectivity index (χ0n) is 10.6. The van der Waals surface area contributed by atoms with Gasteiger partial charge in [0.1, 0.15) is 0 Å². The molecule has 0 spiro atoms. The number of rotatable bonds is 4. The molecule has 1 aromatic heterocycles. The Kier molecular flexibility index (Phi) is 4.70. The monoisotopic (exact) mass is 394 g/mol. The standard InChI is InChI=1S/C12H9BrClFN2O3S/c1-20-12-10(5-7(14)6-16-12)21(18,19)17-9-4-2-3-8(13)11(9)15/h2-6,17H,1H3. The van der Waals surface area contributed by atoms with Crippen LogP contribution in [-0.4, -0.2) is 20.5 Å². The Hall–Kier alpha value is -1.38. The zero-order valence-corrected chi connectivity index (χ0v) is 13.8. The highest BCUT2D eigenvalue weighted by Crippen LogP contribution is 2.29. The fourth-order valence-corrected chi connectivity index (χ4v) is 3.33. The normalized spacial score (nSPS) is 11.2. The lowest BCUT2D eigenvalue weighted by atomic mass is 10.3. The van der Waals surface area contributed by atoms with Gasteiger partial charge in [0, 0.05) is 6.20 Å². The van der Waals surface area contributed by atoms with Crippen molar-refractivity contribution in [3.63, 3.8) is 0 Å². The minimum absolute atomic E-state index is 0.117. The van der Waals surface area contributed by atoms with E-state index in [9.17, 15) is 12.8 Å². The highest BCUT2D eigenvalue weighted by molar-refractivity contribution is 9.10. The van der Waals surface area contributed by atoms with E-state index < -0.39 is 15.8 Å². The van der Waals surface area contributed by atoms with Crippen LogP contribution in [0.2, 0.25) is 5.02 Å². The van der Waals surface area contributed by atoms with Crippen LogP contribution >= 0.6 is 27.5 Å². The number of pyridine rings is 1. The van der Waals surface area contributed by atoms with Crippen molar-refractivity contribution in [1.29, 1.82) is 0 Å². The van der Waals surface area contributed by atoms with Crippen LogP contribution in [0.15, 0.2) is 39.8 Å². The third-order valence-electron chi connectivity index (χ3n) is 2.46. The summed E-state index contributed by atoms with van der Waals surface area (Å²) in [5, 5.41) is 0.117. The van der Waals surface area contributed by atoms with Gasteiger partial charge in [-0.25, -0.2) is 17.8 Å². The molecule has 0 aliphatic rings. The third kappa shape index (κ3) is 3.45. The third-order valence-corrected chi connectivity index (χ3v) is 4.64. The van der Waals surface area contributed by atoms with Crippen molar-refractivity contribution in [1.82, 2.24) is 4.98 Å². The number of aromatic nitrogens is 1.